The molecule has 2 aliphatic rings. The second-order valence-corrected chi connectivity index (χ2v) is 5.52. The molecule has 0 unspecified atom stereocenters. The van der Waals surface area contributed by atoms with Gasteiger partial charge in [-0.3, -0.25) is 0 Å². The molecule has 1 aromatic rings. The van der Waals surface area contributed by atoms with Crippen molar-refractivity contribution in [3.8, 4) is 6.07 Å². The van der Waals surface area contributed by atoms with Gasteiger partial charge >= 0.3 is 0 Å². The van der Waals surface area contributed by atoms with Crippen LogP contribution in [0, 0.1) is 11.3 Å². The Morgan fingerprint density at radius 2 is 2.05 bits per heavy atom. The van der Waals surface area contributed by atoms with Crippen LogP contribution in [0.15, 0.2) is 6.33 Å². The summed E-state index contributed by atoms with van der Waals surface area (Å²) in [5.74, 6) is 1.12. The zero-order valence-corrected chi connectivity index (χ0v) is 11.3. The van der Waals surface area contributed by atoms with Crippen LogP contribution in [0.3, 0.4) is 0 Å². The number of aryl methyl sites for hydroxylation is 1. The molecule has 1 saturated carbocycles. The van der Waals surface area contributed by atoms with Gasteiger partial charge in [-0.15, -0.1) is 0 Å². The number of nitrogens with zero attached hydrogens (tertiary/aromatic N) is 4. The number of anilines is 1. The van der Waals surface area contributed by atoms with Crippen LogP contribution in [-0.4, -0.2) is 22.6 Å². The molecule has 4 heteroatoms. The molecule has 4 nitrogen and oxygen atoms in total. The summed E-state index contributed by atoms with van der Waals surface area (Å²) < 4.78 is 0. The summed E-state index contributed by atoms with van der Waals surface area (Å²) in [6, 6.07) is 2.86. The molecule has 0 aromatic carbocycles. The topological polar surface area (TPSA) is 52.8 Å². The second-order valence-electron chi connectivity index (χ2n) is 5.52. The quantitative estimate of drug-likeness (QED) is 0.777. The maximum absolute atomic E-state index is 8.84. The second kappa shape index (κ2) is 5.56. The van der Waals surface area contributed by atoms with Gasteiger partial charge in [0.25, 0.3) is 0 Å². The van der Waals surface area contributed by atoms with Crippen LogP contribution in [0.2, 0.25) is 0 Å². The van der Waals surface area contributed by atoms with E-state index >= 15 is 0 Å². The van der Waals surface area contributed by atoms with Crippen molar-refractivity contribution < 1.29 is 0 Å². The van der Waals surface area contributed by atoms with Crippen LogP contribution in [0.25, 0.3) is 0 Å². The number of hydrogen-bond donors (Lipinski definition) is 0. The standard InChI is InChI=1S/C15H20N4/c16-9-4-10-19(12-7-8-12)15-13-5-2-1-3-6-14(13)17-11-18-15/h11-12H,1-8,10H2. The maximum Gasteiger partial charge on any atom is 0.135 e. The predicted molar refractivity (Wildman–Crippen MR) is 73.9 cm³/mol. The number of aromatic nitrogens is 2. The van der Waals surface area contributed by atoms with E-state index in [2.05, 4.69) is 20.9 Å². The lowest BCUT2D eigenvalue weighted by Gasteiger charge is -2.25. The fourth-order valence-corrected chi connectivity index (χ4v) is 2.95. The lowest BCUT2D eigenvalue weighted by Crippen LogP contribution is -2.29. The lowest BCUT2D eigenvalue weighted by molar-refractivity contribution is 0.707. The molecule has 0 bridgehead atoms. The van der Waals surface area contributed by atoms with Crippen LogP contribution in [0.5, 0.6) is 0 Å². The average Bonchev–Trinajstić information content (AvgIpc) is 3.25. The molecule has 0 aliphatic heterocycles. The molecule has 2 aliphatic carbocycles. The Bertz CT molecular complexity index is 487. The average molecular weight is 256 g/mol. The van der Waals surface area contributed by atoms with E-state index in [1.165, 1.54) is 43.4 Å². The summed E-state index contributed by atoms with van der Waals surface area (Å²) in [5, 5.41) is 8.84. The largest absolute Gasteiger partial charge is 0.352 e. The summed E-state index contributed by atoms with van der Waals surface area (Å²) in [5.41, 5.74) is 2.59. The van der Waals surface area contributed by atoms with Crippen molar-refractivity contribution in [2.45, 2.75) is 57.4 Å². The van der Waals surface area contributed by atoms with Crippen molar-refractivity contribution in [1.82, 2.24) is 9.97 Å². The third-order valence-corrected chi connectivity index (χ3v) is 4.08. The summed E-state index contributed by atoms with van der Waals surface area (Å²) in [7, 11) is 0. The molecule has 0 spiro atoms. The normalized spacial score (nSPS) is 18.3. The molecule has 3 rings (SSSR count). The van der Waals surface area contributed by atoms with E-state index in [1.807, 2.05) is 0 Å². The monoisotopic (exact) mass is 256 g/mol. The molecule has 19 heavy (non-hydrogen) atoms. The molecule has 100 valence electrons. The van der Waals surface area contributed by atoms with Gasteiger partial charge in [0.05, 0.1) is 12.5 Å². The van der Waals surface area contributed by atoms with Crippen molar-refractivity contribution in [2.75, 3.05) is 11.4 Å². The molecule has 1 aromatic heterocycles. The van der Waals surface area contributed by atoms with E-state index in [0.717, 1.165) is 25.2 Å². The molecule has 0 saturated heterocycles. The van der Waals surface area contributed by atoms with E-state index in [4.69, 9.17) is 5.26 Å². The molecular weight excluding hydrogens is 236 g/mol. The smallest absolute Gasteiger partial charge is 0.135 e. The highest BCUT2D eigenvalue weighted by atomic mass is 15.2. The predicted octanol–water partition coefficient (Wildman–Crippen LogP) is 2.63. The summed E-state index contributed by atoms with van der Waals surface area (Å²) in [6.45, 7) is 0.810. The van der Waals surface area contributed by atoms with E-state index in [9.17, 15) is 0 Å². The Morgan fingerprint density at radius 3 is 2.84 bits per heavy atom. The fraction of sp³-hybridized carbons (Fsp3) is 0.667. The summed E-state index contributed by atoms with van der Waals surface area (Å²) in [4.78, 5) is 11.4. The van der Waals surface area contributed by atoms with Crippen molar-refractivity contribution in [3.63, 3.8) is 0 Å². The lowest BCUT2D eigenvalue weighted by atomic mass is 10.1. The minimum atomic E-state index is 0.579. The molecule has 0 amide bonds. The first kappa shape index (κ1) is 12.4. The number of hydrogen-bond acceptors (Lipinski definition) is 4. The van der Waals surface area contributed by atoms with Crippen molar-refractivity contribution in [3.05, 3.63) is 17.6 Å². The first-order valence-corrected chi connectivity index (χ1v) is 7.36. The number of rotatable bonds is 4. The summed E-state index contributed by atoms with van der Waals surface area (Å²) >= 11 is 0. The van der Waals surface area contributed by atoms with Gasteiger partial charge < -0.3 is 4.90 Å². The molecule has 1 heterocycles. The Kier molecular flexibility index (Phi) is 3.63. The van der Waals surface area contributed by atoms with E-state index < -0.39 is 0 Å². The zero-order valence-electron chi connectivity index (χ0n) is 11.3. The Morgan fingerprint density at radius 1 is 1.21 bits per heavy atom. The highest BCUT2D eigenvalue weighted by Gasteiger charge is 2.31. The van der Waals surface area contributed by atoms with Crippen LogP contribution >= 0.6 is 0 Å². The van der Waals surface area contributed by atoms with Gasteiger partial charge in [-0.1, -0.05) is 6.42 Å². The van der Waals surface area contributed by atoms with Gasteiger partial charge in [0.15, 0.2) is 0 Å². The fourth-order valence-electron chi connectivity index (χ4n) is 2.95. The van der Waals surface area contributed by atoms with E-state index in [1.54, 1.807) is 6.33 Å². The van der Waals surface area contributed by atoms with Crippen LogP contribution in [-0.2, 0) is 12.8 Å². The van der Waals surface area contributed by atoms with Crippen LogP contribution < -0.4 is 4.90 Å². The van der Waals surface area contributed by atoms with Crippen LogP contribution in [0.1, 0.15) is 49.8 Å². The summed E-state index contributed by atoms with van der Waals surface area (Å²) in [6.07, 6.45) is 10.7. The van der Waals surface area contributed by atoms with Gasteiger partial charge in [0.2, 0.25) is 0 Å². The highest BCUT2D eigenvalue weighted by molar-refractivity contribution is 5.51. The third kappa shape index (κ3) is 2.70. The highest BCUT2D eigenvalue weighted by Crippen LogP contribution is 2.34. The number of nitriles is 1. The van der Waals surface area contributed by atoms with Crippen molar-refractivity contribution >= 4 is 5.82 Å². The third-order valence-electron chi connectivity index (χ3n) is 4.08. The van der Waals surface area contributed by atoms with Gasteiger partial charge in [0, 0.05) is 23.8 Å². The first-order chi connectivity index (χ1) is 9.40. The Hall–Kier alpha value is -1.63. The SMILES string of the molecule is N#CCCN(c1ncnc2c1CCCCC2)C1CC1. The van der Waals surface area contributed by atoms with E-state index in [0.29, 0.717) is 12.5 Å². The van der Waals surface area contributed by atoms with Gasteiger partial charge in [-0.2, -0.15) is 5.26 Å². The maximum atomic E-state index is 8.84. The number of fused-ring (bicyclic) bond motifs is 1. The minimum Gasteiger partial charge on any atom is -0.352 e. The minimum absolute atomic E-state index is 0.579. The van der Waals surface area contributed by atoms with Gasteiger partial charge in [-0.25, -0.2) is 9.97 Å². The first-order valence-electron chi connectivity index (χ1n) is 7.36. The molecule has 0 radical (unpaired) electrons. The van der Waals surface area contributed by atoms with E-state index in [-0.39, 0.29) is 0 Å². The Labute approximate surface area is 114 Å². The molecular formula is C15H20N4. The molecule has 1 fully saturated rings. The van der Waals surface area contributed by atoms with Crippen molar-refractivity contribution in [2.24, 2.45) is 0 Å². The molecule has 0 N–H and O–H groups in total. The van der Waals surface area contributed by atoms with Gasteiger partial charge in [0.1, 0.15) is 12.1 Å². The molecule has 0 atom stereocenters. The van der Waals surface area contributed by atoms with Gasteiger partial charge in [-0.05, 0) is 38.5 Å². The Balaban J connectivity index is 1.91. The van der Waals surface area contributed by atoms with Crippen molar-refractivity contribution in [1.29, 1.82) is 5.26 Å². The zero-order chi connectivity index (χ0) is 13.1. The van der Waals surface area contributed by atoms with Crippen LogP contribution in [0.4, 0.5) is 5.82 Å².